The van der Waals surface area contributed by atoms with Crippen LogP contribution in [0.5, 0.6) is 11.5 Å². The van der Waals surface area contributed by atoms with Crippen LogP contribution in [0.25, 0.3) is 0 Å². The van der Waals surface area contributed by atoms with Gasteiger partial charge in [0.2, 0.25) is 0 Å². The summed E-state index contributed by atoms with van der Waals surface area (Å²) in [4.78, 5) is 2.07. The summed E-state index contributed by atoms with van der Waals surface area (Å²) in [7, 11) is 7.29. The Hall–Kier alpha value is -2.47. The van der Waals surface area contributed by atoms with Crippen LogP contribution < -0.4 is 25.0 Å². The van der Waals surface area contributed by atoms with Gasteiger partial charge in [0.15, 0.2) is 5.11 Å². The van der Waals surface area contributed by atoms with Crippen molar-refractivity contribution in [3.05, 3.63) is 48.0 Å². The maximum atomic E-state index is 5.36. The van der Waals surface area contributed by atoms with Gasteiger partial charge >= 0.3 is 0 Å². The summed E-state index contributed by atoms with van der Waals surface area (Å²) in [6.45, 7) is 0.645. The molecule has 0 aliphatic carbocycles. The van der Waals surface area contributed by atoms with Crippen molar-refractivity contribution >= 4 is 28.7 Å². The van der Waals surface area contributed by atoms with Crippen LogP contribution in [0.15, 0.2) is 42.5 Å². The number of thiocarbonyl (C=S) groups is 1. The minimum absolute atomic E-state index is 0.526. The number of methoxy groups -OCH3 is 2. The molecule has 0 fully saturated rings. The Bertz CT molecular complexity index is 687. The quantitative estimate of drug-likeness (QED) is 0.784. The van der Waals surface area contributed by atoms with E-state index in [1.54, 1.807) is 14.2 Å². The van der Waals surface area contributed by atoms with Crippen molar-refractivity contribution in [3.8, 4) is 11.5 Å². The van der Waals surface area contributed by atoms with Gasteiger partial charge in [0.25, 0.3) is 0 Å². The van der Waals surface area contributed by atoms with Crippen LogP contribution in [-0.4, -0.2) is 33.4 Å². The van der Waals surface area contributed by atoms with Crippen molar-refractivity contribution in [3.63, 3.8) is 0 Å². The molecule has 128 valence electrons. The highest BCUT2D eigenvalue weighted by Crippen LogP contribution is 2.28. The van der Waals surface area contributed by atoms with Crippen molar-refractivity contribution < 1.29 is 9.47 Å². The maximum absolute atomic E-state index is 5.36. The molecule has 0 aliphatic rings. The molecule has 0 radical (unpaired) electrons. The summed E-state index contributed by atoms with van der Waals surface area (Å²) in [6, 6.07) is 13.8. The molecule has 0 unspecified atom stereocenters. The third-order valence-corrected chi connectivity index (χ3v) is 3.81. The van der Waals surface area contributed by atoms with Gasteiger partial charge in [-0.3, -0.25) is 0 Å². The van der Waals surface area contributed by atoms with Gasteiger partial charge in [-0.2, -0.15) is 0 Å². The summed E-state index contributed by atoms with van der Waals surface area (Å²) in [5.74, 6) is 1.44. The predicted molar refractivity (Wildman–Crippen MR) is 103 cm³/mol. The molecule has 5 nitrogen and oxygen atoms in total. The van der Waals surface area contributed by atoms with E-state index in [0.717, 1.165) is 17.0 Å². The number of nitrogens with one attached hydrogen (secondary N) is 2. The fourth-order valence-electron chi connectivity index (χ4n) is 2.17. The zero-order valence-corrected chi connectivity index (χ0v) is 15.2. The first-order valence-corrected chi connectivity index (χ1v) is 7.97. The maximum Gasteiger partial charge on any atom is 0.171 e. The topological polar surface area (TPSA) is 45.8 Å². The Morgan fingerprint density at radius 1 is 1.04 bits per heavy atom. The highest BCUT2D eigenvalue weighted by Gasteiger charge is 2.07. The lowest BCUT2D eigenvalue weighted by atomic mass is 10.2. The van der Waals surface area contributed by atoms with Crippen LogP contribution in [-0.2, 0) is 6.54 Å². The normalized spacial score (nSPS) is 10.0. The molecule has 0 atom stereocenters. The zero-order chi connectivity index (χ0) is 17.5. The van der Waals surface area contributed by atoms with Crippen molar-refractivity contribution in [2.75, 3.05) is 38.5 Å². The van der Waals surface area contributed by atoms with Gasteiger partial charge < -0.3 is 25.0 Å². The minimum atomic E-state index is 0.526. The molecule has 0 aromatic heterocycles. The molecule has 0 bridgehead atoms. The minimum Gasteiger partial charge on any atom is -0.497 e. The lowest BCUT2D eigenvalue weighted by Gasteiger charge is -2.15. The number of hydrogen-bond donors (Lipinski definition) is 2. The van der Waals surface area contributed by atoms with Crippen molar-refractivity contribution in [1.82, 2.24) is 5.32 Å². The Balaban J connectivity index is 1.96. The van der Waals surface area contributed by atoms with Crippen LogP contribution in [0.4, 0.5) is 11.4 Å². The van der Waals surface area contributed by atoms with E-state index in [0.29, 0.717) is 17.4 Å². The molecule has 2 N–H and O–H groups in total. The second-order valence-electron chi connectivity index (χ2n) is 5.43. The van der Waals surface area contributed by atoms with Gasteiger partial charge in [0.05, 0.1) is 19.9 Å². The van der Waals surface area contributed by atoms with Crippen molar-refractivity contribution in [2.45, 2.75) is 6.54 Å². The van der Waals surface area contributed by atoms with Crippen LogP contribution in [0.3, 0.4) is 0 Å². The summed E-state index contributed by atoms with van der Waals surface area (Å²) in [5.41, 5.74) is 3.08. The van der Waals surface area contributed by atoms with E-state index in [1.165, 1.54) is 5.69 Å². The van der Waals surface area contributed by atoms with Gasteiger partial charge in [0.1, 0.15) is 11.5 Å². The Morgan fingerprint density at radius 2 is 1.75 bits per heavy atom. The number of ether oxygens (including phenoxy) is 2. The van der Waals surface area contributed by atoms with Crippen LogP contribution in [0.1, 0.15) is 5.56 Å². The number of benzene rings is 2. The van der Waals surface area contributed by atoms with Gasteiger partial charge in [-0.05, 0) is 42.0 Å². The molecule has 0 saturated heterocycles. The van der Waals surface area contributed by atoms with Gasteiger partial charge in [-0.1, -0.05) is 12.1 Å². The van der Waals surface area contributed by atoms with Gasteiger partial charge in [0, 0.05) is 32.4 Å². The first-order chi connectivity index (χ1) is 11.5. The van der Waals surface area contributed by atoms with Crippen molar-refractivity contribution in [2.24, 2.45) is 0 Å². The van der Waals surface area contributed by atoms with Crippen molar-refractivity contribution in [1.29, 1.82) is 0 Å². The molecule has 0 aliphatic heterocycles. The van der Waals surface area contributed by atoms with E-state index < -0.39 is 0 Å². The van der Waals surface area contributed by atoms with E-state index >= 15 is 0 Å². The zero-order valence-electron chi connectivity index (χ0n) is 14.4. The third kappa shape index (κ3) is 4.76. The second kappa shape index (κ2) is 8.40. The molecular formula is C18H23N3O2S. The Morgan fingerprint density at radius 3 is 2.33 bits per heavy atom. The Labute approximate surface area is 148 Å². The van der Waals surface area contributed by atoms with E-state index in [-0.39, 0.29) is 0 Å². The molecule has 0 saturated carbocycles. The number of anilines is 2. The first kappa shape index (κ1) is 17.9. The van der Waals surface area contributed by atoms with E-state index in [9.17, 15) is 0 Å². The van der Waals surface area contributed by atoms with Crippen LogP contribution >= 0.6 is 12.2 Å². The third-order valence-electron chi connectivity index (χ3n) is 3.56. The molecule has 0 heterocycles. The smallest absolute Gasteiger partial charge is 0.171 e. The lowest BCUT2D eigenvalue weighted by molar-refractivity contribution is 0.405. The average Bonchev–Trinajstić information content (AvgIpc) is 2.60. The molecule has 2 rings (SSSR count). The number of nitrogens with zero attached hydrogens (tertiary/aromatic N) is 1. The second-order valence-corrected chi connectivity index (χ2v) is 5.84. The number of rotatable bonds is 6. The first-order valence-electron chi connectivity index (χ1n) is 7.56. The fourth-order valence-corrected chi connectivity index (χ4v) is 2.35. The summed E-state index contributed by atoms with van der Waals surface area (Å²) in [5, 5.41) is 6.86. The Kier molecular flexibility index (Phi) is 6.26. The predicted octanol–water partition coefficient (Wildman–Crippen LogP) is 3.26. The summed E-state index contributed by atoms with van der Waals surface area (Å²) < 4.78 is 10.6. The van der Waals surface area contributed by atoms with E-state index in [4.69, 9.17) is 21.7 Å². The molecule has 24 heavy (non-hydrogen) atoms. The largest absolute Gasteiger partial charge is 0.497 e. The van der Waals surface area contributed by atoms with Crippen LogP contribution in [0, 0.1) is 0 Å². The highest BCUT2D eigenvalue weighted by atomic mass is 32.1. The molecule has 0 amide bonds. The van der Waals surface area contributed by atoms with E-state index in [2.05, 4.69) is 39.8 Å². The monoisotopic (exact) mass is 345 g/mol. The molecular weight excluding hydrogens is 322 g/mol. The van der Waals surface area contributed by atoms with Gasteiger partial charge in [-0.25, -0.2) is 0 Å². The number of hydrogen-bond acceptors (Lipinski definition) is 4. The summed E-state index contributed by atoms with van der Waals surface area (Å²) >= 11 is 5.36. The molecule has 0 spiro atoms. The highest BCUT2D eigenvalue weighted by molar-refractivity contribution is 7.80. The SMILES string of the molecule is COc1ccc(OC)c(NC(=S)NCc2ccc(N(C)C)cc2)c1. The van der Waals surface area contributed by atoms with E-state index in [1.807, 2.05) is 32.3 Å². The lowest BCUT2D eigenvalue weighted by Crippen LogP contribution is -2.28. The van der Waals surface area contributed by atoms with Gasteiger partial charge in [-0.15, -0.1) is 0 Å². The standard InChI is InChI=1S/C18H23N3O2S/c1-21(2)14-7-5-13(6-8-14)12-19-18(24)20-16-11-15(22-3)9-10-17(16)23-4/h5-11H,12H2,1-4H3,(H2,19,20,24). The fraction of sp³-hybridized carbons (Fsp3) is 0.278. The average molecular weight is 345 g/mol. The molecule has 2 aromatic carbocycles. The molecule has 6 heteroatoms. The molecule has 2 aromatic rings. The summed E-state index contributed by atoms with van der Waals surface area (Å²) in [6.07, 6.45) is 0. The van der Waals surface area contributed by atoms with Crippen LogP contribution in [0.2, 0.25) is 0 Å².